The molecule has 8 heteroatoms. The Hall–Kier alpha value is -6.18. The summed E-state index contributed by atoms with van der Waals surface area (Å²) in [4.78, 5) is 45.7. The van der Waals surface area contributed by atoms with Crippen LogP contribution in [-0.2, 0) is 16.2 Å². The number of carbonyl (C=O) groups is 3. The highest BCUT2D eigenvalue weighted by atomic mass is 35.5. The summed E-state index contributed by atoms with van der Waals surface area (Å²) < 4.78 is 6.32. The second kappa shape index (κ2) is 14.0. The molecular weight excluding hydrogens is 694 g/mol. The number of benzene rings is 6. The highest BCUT2D eigenvalue weighted by molar-refractivity contribution is 6.39. The number of ether oxygens (including phenoxy) is 1. The molecule has 0 bridgehead atoms. The van der Waals surface area contributed by atoms with Gasteiger partial charge >= 0.3 is 6.03 Å². The molecule has 1 N–H and O–H groups in total. The van der Waals surface area contributed by atoms with Crippen LogP contribution in [0.3, 0.4) is 0 Å². The van der Waals surface area contributed by atoms with Crippen molar-refractivity contribution < 1.29 is 19.1 Å². The van der Waals surface area contributed by atoms with Crippen molar-refractivity contribution in [1.82, 2.24) is 5.32 Å². The number of imide groups is 2. The van der Waals surface area contributed by atoms with Gasteiger partial charge in [0.2, 0.25) is 0 Å². The number of anilines is 2. The summed E-state index contributed by atoms with van der Waals surface area (Å²) in [6, 6.07) is 42.9. The van der Waals surface area contributed by atoms with Crippen LogP contribution in [0.25, 0.3) is 16.8 Å². The maximum absolute atomic E-state index is 14.7. The first kappa shape index (κ1) is 33.6. The van der Waals surface area contributed by atoms with Gasteiger partial charge in [-0.15, -0.1) is 0 Å². The summed E-state index contributed by atoms with van der Waals surface area (Å²) in [5.74, 6) is -0.811. The molecule has 54 heavy (non-hydrogen) atoms. The third-order valence-electron chi connectivity index (χ3n) is 10.9. The average molecular weight is 730 g/mol. The second-order valence-electron chi connectivity index (χ2n) is 14.0. The Morgan fingerprint density at radius 2 is 1.33 bits per heavy atom. The molecule has 0 spiro atoms. The zero-order valence-electron chi connectivity index (χ0n) is 29.4. The van der Waals surface area contributed by atoms with Crippen molar-refractivity contribution in [2.24, 2.45) is 0 Å². The van der Waals surface area contributed by atoms with Crippen LogP contribution in [0.15, 0.2) is 139 Å². The Morgan fingerprint density at radius 3 is 1.98 bits per heavy atom. The van der Waals surface area contributed by atoms with Gasteiger partial charge in [-0.1, -0.05) is 115 Å². The van der Waals surface area contributed by atoms with E-state index in [1.807, 2.05) is 72.8 Å². The fourth-order valence-corrected chi connectivity index (χ4v) is 8.42. The molecule has 0 saturated carbocycles. The van der Waals surface area contributed by atoms with Crippen LogP contribution in [-0.4, -0.2) is 30.9 Å². The van der Waals surface area contributed by atoms with E-state index >= 15 is 0 Å². The number of fused-ring (bicyclic) bond motifs is 1. The number of hydrogen-bond acceptors (Lipinski definition) is 5. The van der Waals surface area contributed by atoms with E-state index in [1.54, 1.807) is 18.2 Å². The molecule has 0 unspecified atom stereocenters. The minimum absolute atomic E-state index is 0.0706. The molecule has 266 valence electrons. The molecule has 6 aromatic rings. The van der Waals surface area contributed by atoms with Crippen LogP contribution in [0.5, 0.6) is 5.75 Å². The molecule has 0 radical (unpaired) electrons. The lowest BCUT2D eigenvalue weighted by Crippen LogP contribution is -2.54. The van der Waals surface area contributed by atoms with Crippen molar-refractivity contribution in [2.45, 2.75) is 31.3 Å². The minimum Gasteiger partial charge on any atom is -0.488 e. The Kier molecular flexibility index (Phi) is 8.72. The number of nitrogens with zero attached hydrogens (tertiary/aromatic N) is 2. The van der Waals surface area contributed by atoms with Crippen molar-refractivity contribution in [2.75, 3.05) is 22.9 Å². The molecule has 0 aromatic heterocycles. The molecule has 1 fully saturated rings. The van der Waals surface area contributed by atoms with Gasteiger partial charge in [-0.2, -0.15) is 0 Å². The van der Waals surface area contributed by atoms with Gasteiger partial charge in [0.1, 0.15) is 17.9 Å². The van der Waals surface area contributed by atoms with Crippen molar-refractivity contribution >= 4 is 57.7 Å². The Bertz CT molecular complexity index is 2390. The topological polar surface area (TPSA) is 79.0 Å². The van der Waals surface area contributed by atoms with Gasteiger partial charge in [0.25, 0.3) is 11.8 Å². The van der Waals surface area contributed by atoms with Gasteiger partial charge in [0, 0.05) is 41.2 Å². The normalized spacial score (nSPS) is 18.8. The van der Waals surface area contributed by atoms with E-state index in [9.17, 15) is 14.4 Å². The van der Waals surface area contributed by atoms with Crippen molar-refractivity contribution in [1.29, 1.82) is 0 Å². The standard InChI is InChI=1S/C46H36ClN3O4/c47-33-18-15-29(16-19-33)28-54-42-20-17-32-13-7-8-14-35(32)38(42)27-41-44(51)48-46(53)50(45(41)52)34-25-39-36(30-9-3-1-4-10-30)21-23-49-24-22-37(40(26-34)43(39)49)31-11-5-2-6-12-31/h1-20,25-27,36-37H,21-24,28H2,(H,48,51,53)/b41-27+/t36-,37-/m1/s1. The number of nitrogens with one attached hydrogen (secondary N) is 1. The molecule has 3 heterocycles. The maximum Gasteiger partial charge on any atom is 0.335 e. The van der Waals surface area contributed by atoms with Crippen LogP contribution >= 0.6 is 11.6 Å². The Morgan fingerprint density at radius 1 is 0.722 bits per heavy atom. The molecule has 9 rings (SSSR count). The fraction of sp³-hybridized carbons (Fsp3) is 0.152. The number of barbiturate groups is 1. The highest BCUT2D eigenvalue weighted by Crippen LogP contribution is 2.50. The first-order valence-electron chi connectivity index (χ1n) is 18.3. The van der Waals surface area contributed by atoms with Crippen molar-refractivity contribution in [3.63, 3.8) is 0 Å². The SMILES string of the molecule is O=C1NC(=O)N(c2cc3c4c(c2)[C@@H](c2ccccc2)CCN4CC[C@@H]3c2ccccc2)C(=O)/C1=C/c1c(OCc2ccc(Cl)cc2)ccc2ccccc12. The third kappa shape index (κ3) is 6.10. The Labute approximate surface area is 318 Å². The van der Waals surface area contributed by atoms with Gasteiger partial charge in [-0.3, -0.25) is 14.9 Å². The predicted octanol–water partition coefficient (Wildman–Crippen LogP) is 9.62. The monoisotopic (exact) mass is 729 g/mol. The first-order chi connectivity index (χ1) is 26.4. The molecule has 6 aromatic carbocycles. The van der Waals surface area contributed by atoms with Crippen LogP contribution in [0.1, 0.15) is 58.1 Å². The Balaban J connectivity index is 1.17. The quantitative estimate of drug-likeness (QED) is 0.131. The average Bonchev–Trinajstić information content (AvgIpc) is 3.20. The lowest BCUT2D eigenvalue weighted by Gasteiger charge is -2.44. The summed E-state index contributed by atoms with van der Waals surface area (Å²) >= 11 is 6.10. The maximum atomic E-state index is 14.7. The number of rotatable bonds is 7. The predicted molar refractivity (Wildman–Crippen MR) is 213 cm³/mol. The van der Waals surface area contributed by atoms with E-state index in [0.29, 0.717) is 22.0 Å². The first-order valence-corrected chi connectivity index (χ1v) is 18.6. The summed E-state index contributed by atoms with van der Waals surface area (Å²) in [6.07, 6.45) is 3.36. The largest absolute Gasteiger partial charge is 0.488 e. The van der Waals surface area contributed by atoms with Gasteiger partial charge in [0.05, 0.1) is 5.69 Å². The van der Waals surface area contributed by atoms with Crippen LogP contribution in [0.2, 0.25) is 5.02 Å². The van der Waals surface area contributed by atoms with E-state index in [4.69, 9.17) is 16.3 Å². The van der Waals surface area contributed by atoms with Gasteiger partial charge in [-0.05, 0) is 87.8 Å². The molecular formula is C46H36ClN3O4. The van der Waals surface area contributed by atoms with Crippen LogP contribution in [0.4, 0.5) is 16.2 Å². The molecule has 1 saturated heterocycles. The molecule has 2 atom stereocenters. The van der Waals surface area contributed by atoms with Crippen molar-refractivity contribution in [3.8, 4) is 5.75 Å². The van der Waals surface area contributed by atoms with E-state index in [2.05, 4.69) is 58.7 Å². The third-order valence-corrected chi connectivity index (χ3v) is 11.1. The molecule has 3 aliphatic heterocycles. The summed E-state index contributed by atoms with van der Waals surface area (Å²) in [5.41, 5.74) is 7.46. The number of urea groups is 1. The van der Waals surface area contributed by atoms with Gasteiger partial charge in [0.15, 0.2) is 0 Å². The van der Waals surface area contributed by atoms with E-state index in [1.165, 1.54) is 16.8 Å². The van der Waals surface area contributed by atoms with E-state index < -0.39 is 17.8 Å². The van der Waals surface area contributed by atoms with Crippen molar-refractivity contribution in [3.05, 3.63) is 177 Å². The minimum atomic E-state index is -0.776. The zero-order chi connectivity index (χ0) is 36.8. The van der Waals surface area contributed by atoms with Crippen LogP contribution < -0.4 is 19.9 Å². The second-order valence-corrected chi connectivity index (χ2v) is 14.5. The van der Waals surface area contributed by atoms with E-state index in [-0.39, 0.29) is 24.0 Å². The number of amides is 4. The fourth-order valence-electron chi connectivity index (χ4n) is 8.30. The lowest BCUT2D eigenvalue weighted by molar-refractivity contribution is -0.122. The molecule has 3 aliphatic rings. The van der Waals surface area contributed by atoms with Gasteiger partial charge in [-0.25, -0.2) is 9.69 Å². The molecule has 7 nitrogen and oxygen atoms in total. The van der Waals surface area contributed by atoms with E-state index in [0.717, 1.165) is 58.3 Å². The van der Waals surface area contributed by atoms with Gasteiger partial charge < -0.3 is 9.64 Å². The lowest BCUT2D eigenvalue weighted by atomic mass is 9.76. The number of hydrogen-bond donors (Lipinski definition) is 1. The number of carbonyl (C=O) groups excluding carboxylic acids is 3. The summed E-state index contributed by atoms with van der Waals surface area (Å²) in [6.45, 7) is 2.08. The highest BCUT2D eigenvalue weighted by Gasteiger charge is 2.41. The van der Waals surface area contributed by atoms with Crippen LogP contribution in [0, 0.1) is 0 Å². The molecule has 4 amide bonds. The summed E-state index contributed by atoms with van der Waals surface area (Å²) in [7, 11) is 0. The molecule has 0 aliphatic carbocycles. The summed E-state index contributed by atoms with van der Waals surface area (Å²) in [5, 5.41) is 4.82. The smallest absolute Gasteiger partial charge is 0.335 e. The zero-order valence-corrected chi connectivity index (χ0v) is 30.1. The number of halogens is 1.